The molecule has 11 heteroatoms. The van der Waals surface area contributed by atoms with E-state index in [9.17, 15) is 14.7 Å². The summed E-state index contributed by atoms with van der Waals surface area (Å²) >= 11 is 14.1. The molecule has 1 aliphatic rings. The van der Waals surface area contributed by atoms with Crippen molar-refractivity contribution < 1.29 is 24.2 Å². The van der Waals surface area contributed by atoms with Crippen molar-refractivity contribution in [3.63, 3.8) is 0 Å². The largest absolute Gasteiger partial charge is 0.496 e. The first-order chi connectivity index (χ1) is 20.2. The van der Waals surface area contributed by atoms with Gasteiger partial charge in [-0.05, 0) is 55.5 Å². The maximum absolute atomic E-state index is 13.7. The average molecular weight is 631 g/mol. The van der Waals surface area contributed by atoms with Crippen LogP contribution in [0.4, 0.5) is 5.13 Å². The summed E-state index contributed by atoms with van der Waals surface area (Å²) < 4.78 is 12.6. The van der Waals surface area contributed by atoms with E-state index >= 15 is 0 Å². The Bertz CT molecular complexity index is 1640. The number of carboxylic acids is 1. The number of fused-ring (bicyclic) bond motifs is 1. The van der Waals surface area contributed by atoms with Crippen molar-refractivity contribution in [2.75, 3.05) is 19.5 Å². The Morgan fingerprint density at radius 2 is 1.81 bits per heavy atom. The molecule has 0 aliphatic heterocycles. The number of nitrogens with one attached hydrogen (secondary N) is 1. The molecule has 0 atom stereocenters. The lowest BCUT2D eigenvalue weighted by Gasteiger charge is -2.21. The molecule has 0 saturated heterocycles. The van der Waals surface area contributed by atoms with E-state index in [2.05, 4.69) is 5.32 Å². The second-order valence-corrected chi connectivity index (χ2v) is 12.5. The first-order valence-corrected chi connectivity index (χ1v) is 15.5. The third kappa shape index (κ3) is 6.23. The van der Waals surface area contributed by atoms with Crippen LogP contribution in [0.1, 0.15) is 59.5 Å². The van der Waals surface area contributed by atoms with Gasteiger partial charge in [0, 0.05) is 32.4 Å². The van der Waals surface area contributed by atoms with E-state index in [1.54, 1.807) is 38.5 Å². The molecule has 0 radical (unpaired) electrons. The number of hydrogen-bond donors (Lipinski definition) is 2. The number of aromatic nitrogens is 2. The number of carboxylic acid groups (broad SMARTS) is 1. The van der Waals surface area contributed by atoms with Crippen LogP contribution in [0.5, 0.6) is 11.5 Å². The maximum Gasteiger partial charge on any atom is 0.323 e. The lowest BCUT2D eigenvalue weighted by atomic mass is 9.86. The molecular weight excluding hydrogens is 597 g/mol. The van der Waals surface area contributed by atoms with Gasteiger partial charge in [-0.15, -0.1) is 11.3 Å². The number of carbonyl (C=O) groups is 2. The van der Waals surface area contributed by atoms with Crippen LogP contribution < -0.4 is 14.8 Å². The van der Waals surface area contributed by atoms with Crippen LogP contribution in [0.15, 0.2) is 30.3 Å². The summed E-state index contributed by atoms with van der Waals surface area (Å²) in [6, 6.07) is 8.63. The van der Waals surface area contributed by atoms with Crippen molar-refractivity contribution >= 4 is 62.4 Å². The predicted molar refractivity (Wildman–Crippen MR) is 168 cm³/mol. The second kappa shape index (κ2) is 12.9. The third-order valence-corrected chi connectivity index (χ3v) is 9.70. The minimum Gasteiger partial charge on any atom is -0.496 e. The van der Waals surface area contributed by atoms with Gasteiger partial charge in [0.2, 0.25) is 0 Å². The highest BCUT2D eigenvalue weighted by atomic mass is 35.5. The molecule has 0 spiro atoms. The zero-order valence-electron chi connectivity index (χ0n) is 23.8. The molecule has 2 aromatic heterocycles. The van der Waals surface area contributed by atoms with Gasteiger partial charge < -0.3 is 19.1 Å². The van der Waals surface area contributed by atoms with E-state index in [1.165, 1.54) is 48.0 Å². The fourth-order valence-corrected chi connectivity index (χ4v) is 7.13. The quantitative estimate of drug-likeness (QED) is 0.183. The normalized spacial score (nSPS) is 13.8. The number of rotatable bonds is 10. The number of halogens is 2. The van der Waals surface area contributed by atoms with Gasteiger partial charge in [0.25, 0.3) is 5.91 Å². The highest BCUT2D eigenvalue weighted by Gasteiger charge is 2.24. The van der Waals surface area contributed by atoms with E-state index in [0.29, 0.717) is 43.8 Å². The lowest BCUT2D eigenvalue weighted by molar-refractivity contribution is -0.137. The predicted octanol–water partition coefficient (Wildman–Crippen LogP) is 8.25. The number of amides is 1. The first-order valence-electron chi connectivity index (χ1n) is 13.9. The molecule has 2 heterocycles. The Balaban J connectivity index is 1.53. The van der Waals surface area contributed by atoms with Gasteiger partial charge >= 0.3 is 5.97 Å². The smallest absolute Gasteiger partial charge is 0.323 e. The van der Waals surface area contributed by atoms with Crippen molar-refractivity contribution in [1.29, 1.82) is 0 Å². The lowest BCUT2D eigenvalue weighted by Crippen LogP contribution is -2.19. The van der Waals surface area contributed by atoms with Crippen LogP contribution in [0.3, 0.4) is 0 Å². The summed E-state index contributed by atoms with van der Waals surface area (Å²) in [7, 11) is 3.13. The fraction of sp³-hybridized carbons (Fsp3) is 0.387. The zero-order valence-corrected chi connectivity index (χ0v) is 26.1. The Morgan fingerprint density at radius 1 is 1.07 bits per heavy atom. The molecule has 5 rings (SSSR count). The van der Waals surface area contributed by atoms with Crippen molar-refractivity contribution in [3.8, 4) is 22.8 Å². The second-order valence-electron chi connectivity index (χ2n) is 10.6. The van der Waals surface area contributed by atoms with Crippen molar-refractivity contribution in [2.24, 2.45) is 5.92 Å². The van der Waals surface area contributed by atoms with Crippen LogP contribution in [0.2, 0.25) is 10.0 Å². The summed E-state index contributed by atoms with van der Waals surface area (Å²) in [5, 5.41) is 14.6. The van der Waals surface area contributed by atoms with Gasteiger partial charge in [0.1, 0.15) is 23.7 Å². The number of hydrogen-bond acceptors (Lipinski definition) is 6. The number of nitrogens with zero attached hydrogens (tertiary/aromatic N) is 2. The number of aryl methyl sites for hydroxylation is 2. The molecule has 2 N–H and O–H groups in total. The molecule has 1 fully saturated rings. The van der Waals surface area contributed by atoms with Crippen molar-refractivity contribution in [2.45, 2.75) is 58.4 Å². The number of anilines is 1. The van der Waals surface area contributed by atoms with Crippen LogP contribution >= 0.6 is 34.5 Å². The number of aliphatic carboxylic acids is 1. The topological polar surface area (TPSA) is 103 Å². The molecule has 1 aliphatic carbocycles. The number of ether oxygens (including phenoxy) is 2. The van der Waals surface area contributed by atoms with Crippen molar-refractivity contribution in [3.05, 3.63) is 56.5 Å². The minimum atomic E-state index is -1.06. The highest BCUT2D eigenvalue weighted by Crippen LogP contribution is 2.43. The molecule has 1 amide bonds. The summed E-state index contributed by atoms with van der Waals surface area (Å²) in [6.07, 6.45) is 8.12. The van der Waals surface area contributed by atoms with Gasteiger partial charge in [-0.2, -0.15) is 0 Å². The van der Waals surface area contributed by atoms with E-state index in [1.807, 2.05) is 13.0 Å². The monoisotopic (exact) mass is 629 g/mol. The standard InChI is InChI=1S/C31H33Cl2N3O5S/c1-17-19-13-24(36(16-28(37)38)23(19)11-10-21(17)32)30(39)35-31-34-29(20-14-26(41-3)22(33)15-25(20)40-2)27(42-31)12-9-18-7-5-4-6-8-18/h10-11,13-15,18H,4-9,12,16H2,1-3H3,(H,37,38)(H,34,35,39). The fourth-order valence-electron chi connectivity index (χ4n) is 5.75. The summed E-state index contributed by atoms with van der Waals surface area (Å²) in [6.45, 7) is 1.47. The van der Waals surface area contributed by atoms with E-state index in [-0.39, 0.29) is 12.2 Å². The average Bonchev–Trinajstić information content (AvgIpc) is 3.55. The summed E-state index contributed by atoms with van der Waals surface area (Å²) in [4.78, 5) is 31.3. The maximum atomic E-state index is 13.7. The van der Waals surface area contributed by atoms with E-state index in [0.717, 1.165) is 34.2 Å². The molecule has 1 saturated carbocycles. The minimum absolute atomic E-state index is 0.212. The third-order valence-electron chi connectivity index (χ3n) is 7.97. The number of methoxy groups -OCH3 is 2. The molecule has 8 nitrogen and oxygen atoms in total. The number of thiazole rings is 1. The summed E-state index contributed by atoms with van der Waals surface area (Å²) in [5.41, 5.74) is 3.03. The van der Waals surface area contributed by atoms with Crippen LogP contribution in [0.25, 0.3) is 22.2 Å². The molecule has 2 aromatic carbocycles. The highest BCUT2D eigenvalue weighted by molar-refractivity contribution is 7.16. The Hall–Kier alpha value is -3.27. The molecule has 42 heavy (non-hydrogen) atoms. The SMILES string of the molecule is COc1cc(-c2nc(NC(=O)c3cc4c(C)c(Cl)ccc4n3CC(=O)O)sc2CCC2CCCCC2)c(OC)cc1Cl. The summed E-state index contributed by atoms with van der Waals surface area (Å²) in [5.74, 6) is 0.200. The van der Waals surface area contributed by atoms with Gasteiger partial charge in [0.15, 0.2) is 5.13 Å². The van der Waals surface area contributed by atoms with Crippen LogP contribution in [-0.4, -0.2) is 40.8 Å². The number of benzene rings is 2. The molecule has 0 unspecified atom stereocenters. The zero-order chi connectivity index (χ0) is 30.0. The van der Waals surface area contributed by atoms with Crippen LogP contribution in [0, 0.1) is 12.8 Å². The Morgan fingerprint density at radius 3 is 2.50 bits per heavy atom. The Labute approximate surface area is 258 Å². The van der Waals surface area contributed by atoms with Crippen LogP contribution in [-0.2, 0) is 17.8 Å². The molecular formula is C31H33Cl2N3O5S. The van der Waals surface area contributed by atoms with E-state index < -0.39 is 11.9 Å². The molecule has 222 valence electrons. The van der Waals surface area contributed by atoms with Gasteiger partial charge in [-0.25, -0.2) is 4.98 Å². The van der Waals surface area contributed by atoms with Crippen molar-refractivity contribution in [1.82, 2.24) is 9.55 Å². The molecule has 0 bridgehead atoms. The molecule has 4 aromatic rings. The number of carbonyl (C=O) groups excluding carboxylic acids is 1. The van der Waals surface area contributed by atoms with Gasteiger partial charge in [-0.3, -0.25) is 14.9 Å². The van der Waals surface area contributed by atoms with Gasteiger partial charge in [-0.1, -0.05) is 55.3 Å². The van der Waals surface area contributed by atoms with E-state index in [4.69, 9.17) is 37.7 Å². The first kappa shape index (κ1) is 30.2. The Kier molecular flexibility index (Phi) is 9.30. The van der Waals surface area contributed by atoms with Gasteiger partial charge in [0.05, 0.1) is 24.9 Å².